The molecule has 0 saturated carbocycles. The Bertz CT molecular complexity index is 335. The third-order valence-electron chi connectivity index (χ3n) is 2.86. The van der Waals surface area contributed by atoms with E-state index in [1.165, 1.54) is 19.3 Å². The highest BCUT2D eigenvalue weighted by Gasteiger charge is 2.19. The number of hydrogen-bond acceptors (Lipinski definition) is 2. The molecular weight excluding hydrogens is 228 g/mol. The molecule has 1 N–H and O–H groups in total. The first kappa shape index (κ1) is 14.7. The van der Waals surface area contributed by atoms with Gasteiger partial charge in [0.05, 0.1) is 0 Å². The molecule has 0 spiro atoms. The maximum atomic E-state index is 11.1. The van der Waals surface area contributed by atoms with Crippen molar-refractivity contribution < 1.29 is 14.6 Å². The molecule has 0 bridgehead atoms. The molecule has 0 fully saturated rings. The highest BCUT2D eigenvalue weighted by Crippen LogP contribution is 2.18. The molecule has 0 amide bonds. The van der Waals surface area contributed by atoms with Gasteiger partial charge in [0, 0.05) is 6.61 Å². The molecule has 0 aliphatic rings. The summed E-state index contributed by atoms with van der Waals surface area (Å²) in [6.45, 7) is 2.68. The van der Waals surface area contributed by atoms with Crippen LogP contribution in [0.5, 0.6) is 0 Å². The number of aliphatic carboxylic acids is 1. The molecule has 1 rings (SSSR count). The fourth-order valence-corrected chi connectivity index (χ4v) is 1.84. The molecule has 0 heterocycles. The molecular formula is C15H22O3. The summed E-state index contributed by atoms with van der Waals surface area (Å²) in [5, 5.41) is 9.14. The number of benzene rings is 1. The quantitative estimate of drug-likeness (QED) is 0.678. The van der Waals surface area contributed by atoms with Crippen LogP contribution >= 0.6 is 0 Å². The van der Waals surface area contributed by atoms with Gasteiger partial charge < -0.3 is 9.84 Å². The minimum Gasteiger partial charge on any atom is -0.479 e. The maximum Gasteiger partial charge on any atom is 0.337 e. The van der Waals surface area contributed by atoms with Crippen LogP contribution in [0, 0.1) is 0 Å². The number of carboxylic acids is 1. The van der Waals surface area contributed by atoms with E-state index in [0.29, 0.717) is 12.2 Å². The van der Waals surface area contributed by atoms with Crippen molar-refractivity contribution in [3.8, 4) is 0 Å². The van der Waals surface area contributed by atoms with Crippen LogP contribution in [0.1, 0.15) is 50.7 Å². The Kier molecular flexibility index (Phi) is 7.11. The van der Waals surface area contributed by atoms with Gasteiger partial charge in [-0.05, 0) is 12.0 Å². The molecule has 100 valence electrons. The van der Waals surface area contributed by atoms with E-state index in [9.17, 15) is 4.79 Å². The first-order valence-electron chi connectivity index (χ1n) is 6.65. The predicted molar refractivity (Wildman–Crippen MR) is 71.5 cm³/mol. The maximum absolute atomic E-state index is 11.1. The summed E-state index contributed by atoms with van der Waals surface area (Å²) in [5.74, 6) is -0.922. The number of rotatable bonds is 9. The zero-order valence-corrected chi connectivity index (χ0v) is 11.0. The molecule has 18 heavy (non-hydrogen) atoms. The molecule has 1 unspecified atom stereocenters. The Morgan fingerprint density at radius 2 is 1.83 bits per heavy atom. The Morgan fingerprint density at radius 1 is 1.17 bits per heavy atom. The second kappa shape index (κ2) is 8.70. The molecule has 0 aliphatic heterocycles. The van der Waals surface area contributed by atoms with Gasteiger partial charge in [0.25, 0.3) is 0 Å². The van der Waals surface area contributed by atoms with Crippen LogP contribution in [0.4, 0.5) is 0 Å². The van der Waals surface area contributed by atoms with Crippen LogP contribution < -0.4 is 0 Å². The lowest BCUT2D eigenvalue weighted by Gasteiger charge is -2.13. The van der Waals surface area contributed by atoms with E-state index in [2.05, 4.69) is 6.92 Å². The van der Waals surface area contributed by atoms with E-state index in [4.69, 9.17) is 9.84 Å². The van der Waals surface area contributed by atoms with E-state index in [1.807, 2.05) is 18.2 Å². The Morgan fingerprint density at radius 3 is 2.44 bits per heavy atom. The zero-order chi connectivity index (χ0) is 13.2. The minimum absolute atomic E-state index is 0.509. The van der Waals surface area contributed by atoms with Gasteiger partial charge in [0.15, 0.2) is 6.10 Å². The largest absolute Gasteiger partial charge is 0.479 e. The Hall–Kier alpha value is -1.35. The van der Waals surface area contributed by atoms with Crippen molar-refractivity contribution in [1.82, 2.24) is 0 Å². The summed E-state index contributed by atoms with van der Waals surface area (Å²) in [5.41, 5.74) is 0.707. The number of ether oxygens (including phenoxy) is 1. The van der Waals surface area contributed by atoms with Crippen LogP contribution in [0.25, 0.3) is 0 Å². The summed E-state index contributed by atoms with van der Waals surface area (Å²) < 4.78 is 5.47. The lowest BCUT2D eigenvalue weighted by molar-refractivity contribution is -0.151. The third-order valence-corrected chi connectivity index (χ3v) is 2.86. The summed E-state index contributed by atoms with van der Waals surface area (Å²) in [7, 11) is 0. The second-order valence-electron chi connectivity index (χ2n) is 4.41. The molecule has 0 saturated heterocycles. The summed E-state index contributed by atoms with van der Waals surface area (Å²) in [6, 6.07) is 9.10. The molecule has 1 aromatic carbocycles. The van der Waals surface area contributed by atoms with Gasteiger partial charge in [-0.1, -0.05) is 62.9 Å². The molecule has 3 nitrogen and oxygen atoms in total. The van der Waals surface area contributed by atoms with Crippen LogP contribution in [0.15, 0.2) is 30.3 Å². The highest BCUT2D eigenvalue weighted by molar-refractivity contribution is 5.74. The fraction of sp³-hybridized carbons (Fsp3) is 0.533. The van der Waals surface area contributed by atoms with Crippen LogP contribution in [0.3, 0.4) is 0 Å². The lowest BCUT2D eigenvalue weighted by atomic mass is 10.1. The average Bonchev–Trinajstić information content (AvgIpc) is 2.38. The van der Waals surface area contributed by atoms with E-state index in [-0.39, 0.29) is 0 Å². The van der Waals surface area contributed by atoms with Crippen molar-refractivity contribution >= 4 is 5.97 Å². The predicted octanol–water partition coefficient (Wildman–Crippen LogP) is 3.80. The topological polar surface area (TPSA) is 46.5 Å². The monoisotopic (exact) mass is 250 g/mol. The molecule has 1 aromatic rings. The van der Waals surface area contributed by atoms with E-state index in [0.717, 1.165) is 12.8 Å². The van der Waals surface area contributed by atoms with Crippen molar-refractivity contribution in [3.63, 3.8) is 0 Å². The van der Waals surface area contributed by atoms with E-state index in [1.54, 1.807) is 12.1 Å². The summed E-state index contributed by atoms with van der Waals surface area (Å²) in [4.78, 5) is 11.1. The van der Waals surface area contributed by atoms with Crippen molar-refractivity contribution in [1.29, 1.82) is 0 Å². The Labute approximate surface area is 109 Å². The standard InChI is InChI=1S/C15H22O3/c1-2-3-4-5-9-12-18-14(15(16)17)13-10-7-6-8-11-13/h6-8,10-11,14H,2-5,9,12H2,1H3,(H,16,17). The third kappa shape index (κ3) is 5.32. The lowest BCUT2D eigenvalue weighted by Crippen LogP contribution is -2.16. The van der Waals surface area contributed by atoms with Crippen LogP contribution in [-0.4, -0.2) is 17.7 Å². The summed E-state index contributed by atoms with van der Waals surface area (Å²) in [6.07, 6.45) is 4.84. The number of carbonyl (C=O) groups is 1. The normalized spacial score (nSPS) is 12.3. The van der Waals surface area contributed by atoms with E-state index < -0.39 is 12.1 Å². The second-order valence-corrected chi connectivity index (χ2v) is 4.41. The van der Waals surface area contributed by atoms with Gasteiger partial charge in [-0.3, -0.25) is 0 Å². The van der Waals surface area contributed by atoms with Gasteiger partial charge in [0.1, 0.15) is 0 Å². The number of unbranched alkanes of at least 4 members (excludes halogenated alkanes) is 4. The molecule has 0 aromatic heterocycles. The molecule has 3 heteroatoms. The van der Waals surface area contributed by atoms with Gasteiger partial charge in [-0.25, -0.2) is 4.79 Å². The van der Waals surface area contributed by atoms with E-state index >= 15 is 0 Å². The number of hydrogen-bond donors (Lipinski definition) is 1. The minimum atomic E-state index is -0.922. The molecule has 1 atom stereocenters. The fourth-order valence-electron chi connectivity index (χ4n) is 1.84. The van der Waals surface area contributed by atoms with Crippen molar-refractivity contribution in [2.45, 2.75) is 45.1 Å². The van der Waals surface area contributed by atoms with Crippen molar-refractivity contribution in [3.05, 3.63) is 35.9 Å². The molecule has 0 radical (unpaired) electrons. The van der Waals surface area contributed by atoms with Gasteiger partial charge in [-0.2, -0.15) is 0 Å². The number of carboxylic acid groups (broad SMARTS) is 1. The zero-order valence-electron chi connectivity index (χ0n) is 11.0. The van der Waals surface area contributed by atoms with Crippen molar-refractivity contribution in [2.24, 2.45) is 0 Å². The van der Waals surface area contributed by atoms with Gasteiger partial charge >= 0.3 is 5.97 Å². The highest BCUT2D eigenvalue weighted by atomic mass is 16.5. The first-order valence-corrected chi connectivity index (χ1v) is 6.65. The van der Waals surface area contributed by atoms with Gasteiger partial charge in [0.2, 0.25) is 0 Å². The summed E-state index contributed by atoms with van der Waals surface area (Å²) >= 11 is 0. The van der Waals surface area contributed by atoms with Crippen LogP contribution in [-0.2, 0) is 9.53 Å². The SMILES string of the molecule is CCCCCCCOC(C(=O)O)c1ccccc1. The molecule has 0 aliphatic carbocycles. The van der Waals surface area contributed by atoms with Crippen molar-refractivity contribution in [2.75, 3.05) is 6.61 Å². The van der Waals surface area contributed by atoms with Gasteiger partial charge in [-0.15, -0.1) is 0 Å². The Balaban J connectivity index is 2.34. The average molecular weight is 250 g/mol. The first-order chi connectivity index (χ1) is 8.75. The van der Waals surface area contributed by atoms with Crippen LogP contribution in [0.2, 0.25) is 0 Å². The smallest absolute Gasteiger partial charge is 0.337 e.